The normalized spacial score (nSPS) is 17.3. The molecule has 0 atom stereocenters. The molecular weight excluding hydrogens is 846 g/mol. The topological polar surface area (TPSA) is 56.8 Å². The van der Waals surface area contributed by atoms with Gasteiger partial charge in [-0.15, -0.1) is 23.5 Å². The zero-order chi connectivity index (χ0) is 30.7. The van der Waals surface area contributed by atoms with Gasteiger partial charge < -0.3 is 19.5 Å². The molecule has 1 amide bonds. The minimum absolute atomic E-state index is 0.110. The van der Waals surface area contributed by atoms with E-state index in [1.807, 2.05) is 42.5 Å². The molecule has 5 rings (SSSR count). The van der Waals surface area contributed by atoms with E-state index >= 15 is 0 Å². The summed E-state index contributed by atoms with van der Waals surface area (Å²) in [5.41, 5.74) is 5.19. The van der Waals surface area contributed by atoms with E-state index < -0.39 is 4.08 Å². The molecule has 43 heavy (non-hydrogen) atoms. The number of hydrogen-bond donors (Lipinski definition) is 1. The zero-order valence-corrected chi connectivity index (χ0v) is 31.7. The maximum Gasteiger partial charge on any atom is 0.254 e. The molecule has 3 aromatic rings. The van der Waals surface area contributed by atoms with Gasteiger partial charge in [-0.2, -0.15) is 0 Å². The monoisotopic (exact) mass is 871 g/mol. The molecule has 0 unspecified atom stereocenters. The Labute approximate surface area is 294 Å². The average molecular weight is 875 g/mol. The fourth-order valence-electron chi connectivity index (χ4n) is 5.07. The smallest absolute Gasteiger partial charge is 0.254 e. The van der Waals surface area contributed by atoms with Crippen LogP contribution in [0.25, 0.3) is 11.6 Å². The molecule has 0 radical (unpaired) electrons. The SMILES string of the molecule is CCCOc1ccc(C2=C(C3(c4cc(Br)c(OC)c(Br)c4)SCCCS3)C(=O)N/C2=C\c2ccc(OC)c(Br)c2)cc1Br. The van der Waals surface area contributed by atoms with Crippen molar-refractivity contribution in [1.82, 2.24) is 5.32 Å². The van der Waals surface area contributed by atoms with Gasteiger partial charge in [0.15, 0.2) is 0 Å². The number of halogens is 4. The van der Waals surface area contributed by atoms with Gasteiger partial charge in [0.25, 0.3) is 5.91 Å². The van der Waals surface area contributed by atoms with Crippen molar-refractivity contribution in [1.29, 1.82) is 0 Å². The highest BCUT2D eigenvalue weighted by Gasteiger charge is 2.48. The summed E-state index contributed by atoms with van der Waals surface area (Å²) in [5.74, 6) is 3.97. The van der Waals surface area contributed by atoms with E-state index in [1.54, 1.807) is 37.7 Å². The molecule has 0 aliphatic carbocycles. The van der Waals surface area contributed by atoms with Crippen LogP contribution in [0.5, 0.6) is 17.2 Å². The molecule has 2 aliphatic heterocycles. The van der Waals surface area contributed by atoms with Crippen LogP contribution in [0.4, 0.5) is 0 Å². The van der Waals surface area contributed by atoms with Crippen LogP contribution in [0, 0.1) is 0 Å². The Hall–Kier alpha value is -1.37. The Morgan fingerprint density at radius 2 is 1.56 bits per heavy atom. The highest BCUT2D eigenvalue weighted by Crippen LogP contribution is 2.60. The van der Waals surface area contributed by atoms with Gasteiger partial charge in [-0.1, -0.05) is 19.1 Å². The minimum Gasteiger partial charge on any atom is -0.496 e. The first kappa shape index (κ1) is 33.0. The van der Waals surface area contributed by atoms with Gasteiger partial charge in [-0.05, 0) is 147 Å². The second kappa shape index (κ2) is 14.4. The van der Waals surface area contributed by atoms with Crippen LogP contribution in [0.2, 0.25) is 0 Å². The lowest BCUT2D eigenvalue weighted by molar-refractivity contribution is -0.116. The van der Waals surface area contributed by atoms with E-state index in [-0.39, 0.29) is 5.91 Å². The number of thioether (sulfide) groups is 2. The largest absolute Gasteiger partial charge is 0.496 e. The van der Waals surface area contributed by atoms with Crippen LogP contribution in [0.15, 0.2) is 77.7 Å². The highest BCUT2D eigenvalue weighted by molar-refractivity contribution is 9.11. The summed E-state index contributed by atoms with van der Waals surface area (Å²) in [7, 11) is 3.29. The molecule has 0 saturated carbocycles. The lowest BCUT2D eigenvalue weighted by Crippen LogP contribution is -2.31. The van der Waals surface area contributed by atoms with E-state index in [9.17, 15) is 4.79 Å². The summed E-state index contributed by atoms with van der Waals surface area (Å²) >= 11 is 18.4. The van der Waals surface area contributed by atoms with E-state index in [0.29, 0.717) is 12.4 Å². The Kier molecular flexibility index (Phi) is 11.0. The fraction of sp³-hybridized carbons (Fsp3) is 0.281. The minimum atomic E-state index is -0.658. The van der Waals surface area contributed by atoms with E-state index in [1.165, 1.54) is 0 Å². The zero-order valence-electron chi connectivity index (χ0n) is 23.7. The number of rotatable bonds is 9. The number of carbonyl (C=O) groups excluding carboxylic acids is 1. The van der Waals surface area contributed by atoms with Gasteiger partial charge in [-0.3, -0.25) is 4.79 Å². The van der Waals surface area contributed by atoms with Crippen molar-refractivity contribution >= 4 is 105 Å². The number of carbonyl (C=O) groups is 1. The van der Waals surface area contributed by atoms with Crippen molar-refractivity contribution < 1.29 is 19.0 Å². The van der Waals surface area contributed by atoms with Crippen molar-refractivity contribution in [2.75, 3.05) is 32.3 Å². The molecule has 226 valence electrons. The number of ether oxygens (including phenoxy) is 3. The number of amides is 1. The van der Waals surface area contributed by atoms with Crippen LogP contribution in [-0.2, 0) is 8.87 Å². The molecule has 5 nitrogen and oxygen atoms in total. The summed E-state index contributed by atoms with van der Waals surface area (Å²) in [4.78, 5) is 14.2. The standard InChI is InChI=1S/C32H29Br4NO4S2/c1-4-10-41-27-9-7-19(15-22(27)34)28-25(14-18-6-8-26(39-2)21(33)13-18)37-31(38)29(28)32(42-11-5-12-43-32)20-16-23(35)30(40-3)24(36)17-20/h6-9,13-17H,4-5,10-12H2,1-3H3,(H,37,38)/b25-14-. The Morgan fingerprint density at radius 3 is 2.16 bits per heavy atom. The molecule has 3 aromatic carbocycles. The highest BCUT2D eigenvalue weighted by atomic mass is 79.9. The van der Waals surface area contributed by atoms with Gasteiger partial charge in [0.05, 0.1) is 50.0 Å². The second-order valence-electron chi connectivity index (χ2n) is 9.79. The van der Waals surface area contributed by atoms with Gasteiger partial charge in [0, 0.05) is 5.57 Å². The molecule has 1 fully saturated rings. The van der Waals surface area contributed by atoms with Gasteiger partial charge >= 0.3 is 0 Å². The van der Waals surface area contributed by atoms with Crippen LogP contribution >= 0.6 is 87.2 Å². The third-order valence-corrected chi connectivity index (χ3v) is 12.8. The van der Waals surface area contributed by atoms with Crippen molar-refractivity contribution in [2.24, 2.45) is 0 Å². The van der Waals surface area contributed by atoms with Crippen LogP contribution in [-0.4, -0.2) is 38.2 Å². The molecule has 1 saturated heterocycles. The van der Waals surface area contributed by atoms with Crippen molar-refractivity contribution in [2.45, 2.75) is 23.8 Å². The average Bonchev–Trinajstić information content (AvgIpc) is 3.32. The molecular formula is C32H29Br4NO4S2. The number of benzene rings is 3. The van der Waals surface area contributed by atoms with Crippen LogP contribution in [0.1, 0.15) is 36.5 Å². The van der Waals surface area contributed by atoms with E-state index in [0.717, 1.165) is 87.3 Å². The predicted octanol–water partition coefficient (Wildman–Crippen LogP) is 10.2. The summed E-state index contributed by atoms with van der Waals surface area (Å²) < 4.78 is 19.7. The van der Waals surface area contributed by atoms with Crippen LogP contribution in [0.3, 0.4) is 0 Å². The summed E-state index contributed by atoms with van der Waals surface area (Å²) in [5, 5.41) is 3.24. The molecule has 0 aromatic heterocycles. The summed E-state index contributed by atoms with van der Waals surface area (Å²) in [6, 6.07) is 16.1. The summed E-state index contributed by atoms with van der Waals surface area (Å²) in [6.07, 6.45) is 4.00. The molecule has 0 spiro atoms. The lowest BCUT2D eigenvalue weighted by Gasteiger charge is -2.38. The first-order chi connectivity index (χ1) is 20.7. The first-order valence-corrected chi connectivity index (χ1v) is 18.7. The maximum atomic E-state index is 14.2. The maximum absolute atomic E-state index is 14.2. The van der Waals surface area contributed by atoms with Crippen molar-refractivity contribution in [3.05, 3.63) is 94.4 Å². The molecule has 0 bridgehead atoms. The number of methoxy groups -OCH3 is 2. The quantitative estimate of drug-likeness (QED) is 0.231. The third kappa shape index (κ3) is 6.77. The summed E-state index contributed by atoms with van der Waals surface area (Å²) in [6.45, 7) is 2.71. The number of hydrogen-bond acceptors (Lipinski definition) is 6. The van der Waals surface area contributed by atoms with Crippen molar-refractivity contribution in [3.8, 4) is 17.2 Å². The number of allylic oxidation sites excluding steroid dienone is 1. The molecule has 1 N–H and O–H groups in total. The third-order valence-electron chi connectivity index (χ3n) is 6.97. The number of nitrogens with one attached hydrogen (secondary N) is 1. The second-order valence-corrected chi connectivity index (χ2v) is 16.1. The molecule has 2 aliphatic rings. The molecule has 11 heteroatoms. The Morgan fingerprint density at radius 1 is 0.884 bits per heavy atom. The lowest BCUT2D eigenvalue weighted by atomic mass is 9.93. The van der Waals surface area contributed by atoms with Gasteiger partial charge in [-0.25, -0.2) is 0 Å². The van der Waals surface area contributed by atoms with E-state index in [2.05, 4.69) is 88.1 Å². The predicted molar refractivity (Wildman–Crippen MR) is 193 cm³/mol. The Balaban J connectivity index is 1.77. The van der Waals surface area contributed by atoms with Gasteiger partial charge in [0.2, 0.25) is 0 Å². The van der Waals surface area contributed by atoms with Crippen LogP contribution < -0.4 is 19.5 Å². The Bertz CT molecular complexity index is 1600. The first-order valence-electron chi connectivity index (χ1n) is 13.6. The fourth-order valence-corrected chi connectivity index (χ4v) is 11.1. The molecule has 2 heterocycles. The van der Waals surface area contributed by atoms with Crippen molar-refractivity contribution in [3.63, 3.8) is 0 Å². The van der Waals surface area contributed by atoms with Gasteiger partial charge in [0.1, 0.15) is 21.3 Å². The van der Waals surface area contributed by atoms with E-state index in [4.69, 9.17) is 14.2 Å².